The van der Waals surface area contributed by atoms with Crippen molar-refractivity contribution in [3.05, 3.63) is 58.3 Å². The third-order valence-corrected chi connectivity index (χ3v) is 3.95. The highest BCUT2D eigenvalue weighted by molar-refractivity contribution is 7.80. The van der Waals surface area contributed by atoms with E-state index in [1.54, 1.807) is 23.5 Å². The number of rotatable bonds is 3. The Labute approximate surface area is 124 Å². The Kier molecular flexibility index (Phi) is 3.53. The molecule has 1 aliphatic rings. The molecule has 0 aliphatic carbocycles. The maximum absolute atomic E-state index is 12.2. The number of hydrogen-bond donors (Lipinski definition) is 1. The Hall–Kier alpha value is -2.12. The molecule has 1 atom stereocenters. The minimum atomic E-state index is -0.379. The third kappa shape index (κ3) is 2.45. The van der Waals surface area contributed by atoms with Crippen LogP contribution in [-0.2, 0) is 0 Å². The van der Waals surface area contributed by atoms with Crippen molar-refractivity contribution in [2.24, 2.45) is 10.2 Å². The summed E-state index contributed by atoms with van der Waals surface area (Å²) in [5, 5.41) is 11.7. The largest absolute Gasteiger partial charge is 0.269 e. The summed E-state index contributed by atoms with van der Waals surface area (Å²) < 4.78 is 0. The standard InChI is InChI=1S/C13H10N4OS2/c18-12(9-5-2-1-3-6-9)16-17-11(14-15-13(17)19)10-7-4-8-20-10/h1-8,11H,(H,16,18). The van der Waals surface area contributed by atoms with Gasteiger partial charge in [0.05, 0.1) is 4.88 Å². The Morgan fingerprint density at radius 1 is 1.25 bits per heavy atom. The van der Waals surface area contributed by atoms with Crippen LogP contribution in [0.15, 0.2) is 58.1 Å². The van der Waals surface area contributed by atoms with E-state index in [0.29, 0.717) is 5.56 Å². The molecule has 0 radical (unpaired) electrons. The van der Waals surface area contributed by atoms with Crippen LogP contribution in [0.25, 0.3) is 0 Å². The second-order valence-corrected chi connectivity index (χ2v) is 5.41. The average Bonchev–Trinajstić information content (AvgIpc) is 3.11. The second kappa shape index (κ2) is 5.48. The van der Waals surface area contributed by atoms with Crippen LogP contribution in [0.3, 0.4) is 0 Å². The van der Waals surface area contributed by atoms with Crippen LogP contribution in [0.5, 0.6) is 0 Å². The van der Waals surface area contributed by atoms with Crippen molar-refractivity contribution in [2.45, 2.75) is 6.17 Å². The van der Waals surface area contributed by atoms with Crippen LogP contribution in [-0.4, -0.2) is 16.0 Å². The molecule has 0 saturated heterocycles. The van der Waals surface area contributed by atoms with Crippen molar-refractivity contribution in [1.29, 1.82) is 0 Å². The Morgan fingerprint density at radius 3 is 2.75 bits per heavy atom. The van der Waals surface area contributed by atoms with Crippen molar-refractivity contribution in [3.8, 4) is 0 Å². The molecule has 1 aromatic heterocycles. The molecular formula is C13H10N4OS2. The van der Waals surface area contributed by atoms with E-state index >= 15 is 0 Å². The SMILES string of the molecule is O=C(NN1C(=S)N=NC1c1cccs1)c1ccccc1. The van der Waals surface area contributed by atoms with Gasteiger partial charge in [0.1, 0.15) is 0 Å². The van der Waals surface area contributed by atoms with E-state index < -0.39 is 0 Å². The van der Waals surface area contributed by atoms with Gasteiger partial charge in [-0.05, 0) is 35.8 Å². The zero-order chi connectivity index (χ0) is 13.9. The van der Waals surface area contributed by atoms with E-state index in [1.807, 2.05) is 35.7 Å². The first-order chi connectivity index (χ1) is 9.75. The molecule has 1 aliphatic heterocycles. The first-order valence-corrected chi connectivity index (χ1v) is 7.18. The fraction of sp³-hybridized carbons (Fsp3) is 0.0769. The van der Waals surface area contributed by atoms with Crippen LogP contribution >= 0.6 is 23.6 Å². The molecule has 3 rings (SSSR count). The van der Waals surface area contributed by atoms with Crippen LogP contribution in [0.4, 0.5) is 0 Å². The third-order valence-electron chi connectivity index (χ3n) is 2.76. The lowest BCUT2D eigenvalue weighted by Crippen LogP contribution is -2.43. The summed E-state index contributed by atoms with van der Waals surface area (Å²) in [4.78, 5) is 13.1. The fourth-order valence-electron chi connectivity index (χ4n) is 1.80. The van der Waals surface area contributed by atoms with E-state index in [0.717, 1.165) is 4.88 Å². The molecule has 0 bridgehead atoms. The Morgan fingerprint density at radius 2 is 2.05 bits per heavy atom. The maximum Gasteiger partial charge on any atom is 0.269 e. The number of nitrogens with zero attached hydrogens (tertiary/aromatic N) is 3. The molecule has 0 saturated carbocycles. The molecule has 1 amide bonds. The summed E-state index contributed by atoms with van der Waals surface area (Å²) in [5.74, 6) is -0.234. The highest BCUT2D eigenvalue weighted by Gasteiger charge is 2.30. The lowest BCUT2D eigenvalue weighted by Gasteiger charge is -2.22. The van der Waals surface area contributed by atoms with E-state index in [-0.39, 0.29) is 17.2 Å². The smallest absolute Gasteiger partial charge is 0.267 e. The van der Waals surface area contributed by atoms with Gasteiger partial charge in [0.2, 0.25) is 5.11 Å². The van der Waals surface area contributed by atoms with Crippen LogP contribution in [0.2, 0.25) is 0 Å². The fourth-order valence-corrected chi connectivity index (χ4v) is 2.74. The maximum atomic E-state index is 12.2. The van der Waals surface area contributed by atoms with Gasteiger partial charge in [0.15, 0.2) is 6.17 Å². The number of thiocarbonyl (C=S) groups is 1. The predicted molar refractivity (Wildman–Crippen MR) is 80.3 cm³/mol. The van der Waals surface area contributed by atoms with Crippen molar-refractivity contribution < 1.29 is 4.79 Å². The molecule has 5 nitrogen and oxygen atoms in total. The summed E-state index contributed by atoms with van der Waals surface area (Å²) in [6.07, 6.45) is -0.379. The van der Waals surface area contributed by atoms with Gasteiger partial charge in [-0.3, -0.25) is 10.2 Å². The van der Waals surface area contributed by atoms with Crippen molar-refractivity contribution in [2.75, 3.05) is 0 Å². The van der Waals surface area contributed by atoms with Gasteiger partial charge >= 0.3 is 0 Å². The van der Waals surface area contributed by atoms with Crippen molar-refractivity contribution in [1.82, 2.24) is 10.4 Å². The molecule has 1 unspecified atom stereocenters. The molecule has 100 valence electrons. The van der Waals surface area contributed by atoms with E-state index in [4.69, 9.17) is 12.2 Å². The van der Waals surface area contributed by atoms with Crippen molar-refractivity contribution >= 4 is 34.6 Å². The molecule has 1 aromatic carbocycles. The minimum absolute atomic E-state index is 0.234. The number of hydrazine groups is 1. The quantitative estimate of drug-likeness (QED) is 0.886. The number of nitrogens with one attached hydrogen (secondary N) is 1. The summed E-state index contributed by atoms with van der Waals surface area (Å²) in [5.41, 5.74) is 3.32. The Balaban J connectivity index is 1.79. The number of hydrogen-bond acceptors (Lipinski definition) is 4. The van der Waals surface area contributed by atoms with Crippen LogP contribution < -0.4 is 5.43 Å². The van der Waals surface area contributed by atoms with Gasteiger partial charge < -0.3 is 0 Å². The summed E-state index contributed by atoms with van der Waals surface area (Å²) in [6, 6.07) is 12.8. The molecule has 1 N–H and O–H groups in total. The van der Waals surface area contributed by atoms with E-state index in [1.165, 1.54) is 5.01 Å². The number of amides is 1. The van der Waals surface area contributed by atoms with Gasteiger partial charge in [0, 0.05) is 5.56 Å². The van der Waals surface area contributed by atoms with Crippen LogP contribution in [0.1, 0.15) is 21.4 Å². The van der Waals surface area contributed by atoms with Gasteiger partial charge in [-0.15, -0.1) is 16.5 Å². The molecular weight excluding hydrogens is 292 g/mol. The van der Waals surface area contributed by atoms with E-state index in [2.05, 4.69) is 15.7 Å². The monoisotopic (exact) mass is 302 g/mol. The second-order valence-electron chi connectivity index (χ2n) is 4.06. The summed E-state index contributed by atoms with van der Waals surface area (Å²) >= 11 is 6.66. The lowest BCUT2D eigenvalue weighted by atomic mass is 10.2. The topological polar surface area (TPSA) is 57.1 Å². The van der Waals surface area contributed by atoms with Gasteiger partial charge in [-0.25, -0.2) is 5.01 Å². The molecule has 20 heavy (non-hydrogen) atoms. The minimum Gasteiger partial charge on any atom is -0.267 e. The molecule has 2 heterocycles. The van der Waals surface area contributed by atoms with E-state index in [9.17, 15) is 4.79 Å². The number of carbonyl (C=O) groups excluding carboxylic acids is 1. The van der Waals surface area contributed by atoms with Gasteiger partial charge in [0.25, 0.3) is 5.91 Å². The first kappa shape index (κ1) is 12.9. The number of thiophene rings is 1. The van der Waals surface area contributed by atoms with Gasteiger partial charge in [-0.1, -0.05) is 24.3 Å². The van der Waals surface area contributed by atoms with Crippen molar-refractivity contribution in [3.63, 3.8) is 0 Å². The summed E-state index contributed by atoms with van der Waals surface area (Å²) in [7, 11) is 0. The lowest BCUT2D eigenvalue weighted by molar-refractivity contribution is 0.0847. The molecule has 0 fully saturated rings. The Bertz CT molecular complexity index is 654. The number of azo groups is 1. The van der Waals surface area contributed by atoms with Crippen LogP contribution in [0, 0.1) is 0 Å². The highest BCUT2D eigenvalue weighted by Crippen LogP contribution is 2.30. The first-order valence-electron chi connectivity index (χ1n) is 5.89. The molecule has 2 aromatic rings. The molecule has 7 heteroatoms. The normalized spacial score (nSPS) is 17.5. The van der Waals surface area contributed by atoms with Gasteiger partial charge in [-0.2, -0.15) is 5.11 Å². The molecule has 0 spiro atoms. The average molecular weight is 302 g/mol. The zero-order valence-electron chi connectivity index (χ0n) is 10.3. The number of carbonyl (C=O) groups is 1. The highest BCUT2D eigenvalue weighted by atomic mass is 32.1. The zero-order valence-corrected chi connectivity index (χ0v) is 11.9. The summed E-state index contributed by atoms with van der Waals surface area (Å²) in [6.45, 7) is 0. The predicted octanol–water partition coefficient (Wildman–Crippen LogP) is 3.14. The number of benzene rings is 1.